The average Bonchev–Trinajstić information content (AvgIpc) is 1.69. The van der Waals surface area contributed by atoms with Crippen molar-refractivity contribution in [1.82, 2.24) is 0 Å². The molecule has 0 fully saturated rings. The molecule has 0 spiro atoms. The summed E-state index contributed by atoms with van der Waals surface area (Å²) in [6, 6.07) is 0. The molecule has 0 radical (unpaired) electrons. The first kappa shape index (κ1) is 103. The number of rotatable bonds is 85. The van der Waals surface area contributed by atoms with Crippen LogP contribution in [0.5, 0.6) is 0 Å². The zero-order valence-corrected chi connectivity index (χ0v) is 70.8. The molecule has 624 valence electrons. The monoisotopic (exact) mass is 1540 g/mol. The van der Waals surface area contributed by atoms with Gasteiger partial charge in [0, 0.05) is 25.7 Å². The van der Waals surface area contributed by atoms with Crippen molar-refractivity contribution < 1.29 is 80.2 Å². The topological polar surface area (TPSA) is 237 Å². The second-order valence-electron chi connectivity index (χ2n) is 31.9. The van der Waals surface area contributed by atoms with Crippen LogP contribution in [0, 0.1) is 11.8 Å². The van der Waals surface area contributed by atoms with E-state index < -0.39 is 97.5 Å². The van der Waals surface area contributed by atoms with E-state index in [1.165, 1.54) is 276 Å². The highest BCUT2D eigenvalue weighted by Gasteiger charge is 2.30. The van der Waals surface area contributed by atoms with Crippen LogP contribution in [-0.4, -0.2) is 96.7 Å². The fourth-order valence-corrected chi connectivity index (χ4v) is 15.0. The zero-order valence-electron chi connectivity index (χ0n) is 69.0. The van der Waals surface area contributed by atoms with Crippen molar-refractivity contribution in [1.29, 1.82) is 0 Å². The van der Waals surface area contributed by atoms with Gasteiger partial charge in [-0.3, -0.25) is 37.3 Å². The van der Waals surface area contributed by atoms with Crippen LogP contribution in [0.1, 0.15) is 459 Å². The number of aliphatic hydroxyl groups excluding tert-OH is 1. The molecule has 3 N–H and O–H groups in total. The Hall–Kier alpha value is -1.94. The summed E-state index contributed by atoms with van der Waals surface area (Å²) in [5.41, 5.74) is 0. The molecular weight excluding hydrogens is 1370 g/mol. The number of unbranched alkanes of at least 4 members (excludes halogenated alkanes) is 55. The van der Waals surface area contributed by atoms with E-state index in [-0.39, 0.29) is 25.7 Å². The molecule has 0 amide bonds. The number of hydrogen-bond acceptors (Lipinski definition) is 15. The van der Waals surface area contributed by atoms with Crippen LogP contribution in [-0.2, 0) is 65.4 Å². The number of aliphatic hydroxyl groups is 1. The summed E-state index contributed by atoms with van der Waals surface area (Å²) in [6.07, 6.45) is 69.6. The molecule has 0 rings (SSSR count). The second kappa shape index (κ2) is 77.4. The first-order valence-electron chi connectivity index (χ1n) is 44.5. The smallest absolute Gasteiger partial charge is 0.462 e. The summed E-state index contributed by atoms with van der Waals surface area (Å²) >= 11 is 0. The van der Waals surface area contributed by atoms with Crippen molar-refractivity contribution in [3.05, 3.63) is 0 Å². The highest BCUT2D eigenvalue weighted by molar-refractivity contribution is 7.47. The van der Waals surface area contributed by atoms with Gasteiger partial charge in [0.25, 0.3) is 0 Å². The Morgan fingerprint density at radius 3 is 0.648 bits per heavy atom. The fourth-order valence-electron chi connectivity index (χ4n) is 13.4. The molecule has 0 saturated heterocycles. The van der Waals surface area contributed by atoms with E-state index in [2.05, 4.69) is 41.5 Å². The van der Waals surface area contributed by atoms with Crippen molar-refractivity contribution in [3.63, 3.8) is 0 Å². The lowest BCUT2D eigenvalue weighted by atomic mass is 10.0. The minimum atomic E-state index is -4.97. The molecule has 5 atom stereocenters. The van der Waals surface area contributed by atoms with E-state index in [1.807, 2.05) is 0 Å². The molecule has 0 aliphatic carbocycles. The third kappa shape index (κ3) is 79.9. The Labute approximate surface area is 645 Å². The van der Waals surface area contributed by atoms with E-state index in [1.54, 1.807) is 0 Å². The van der Waals surface area contributed by atoms with E-state index >= 15 is 0 Å². The number of carbonyl (C=O) groups is 4. The van der Waals surface area contributed by atoms with Crippen molar-refractivity contribution in [2.24, 2.45) is 11.8 Å². The SMILES string of the molecule is CCCCCCCCCCCCCCCCCCCCCCCC(=O)OC[C@H](COP(=O)(O)OC[C@@H](O)COP(=O)(O)OC[C@@H](COC(=O)CCCCCCCCCCCCC)OC(=O)CCCCCCCCCCCC(C)C)OC(=O)CCCCCCCCCCCCCCCCCCCCC(C)C. The van der Waals surface area contributed by atoms with Crippen molar-refractivity contribution in [2.75, 3.05) is 39.6 Å². The number of hydrogen-bond donors (Lipinski definition) is 3. The van der Waals surface area contributed by atoms with Gasteiger partial charge in [0.05, 0.1) is 26.4 Å². The van der Waals surface area contributed by atoms with Crippen LogP contribution in [0.25, 0.3) is 0 Å². The fraction of sp³-hybridized carbons (Fsp3) is 0.953. The summed E-state index contributed by atoms with van der Waals surface area (Å²) in [5.74, 6) is -0.547. The van der Waals surface area contributed by atoms with Crippen LogP contribution in [0.4, 0.5) is 0 Å². The number of phosphoric acid groups is 2. The summed E-state index contributed by atoms with van der Waals surface area (Å²) in [6.45, 7) is 9.67. The van der Waals surface area contributed by atoms with Crippen molar-refractivity contribution in [3.8, 4) is 0 Å². The van der Waals surface area contributed by atoms with Crippen LogP contribution in [0.3, 0.4) is 0 Å². The number of phosphoric ester groups is 2. The van der Waals surface area contributed by atoms with Gasteiger partial charge in [0.2, 0.25) is 0 Å². The molecule has 0 bridgehead atoms. The number of esters is 4. The lowest BCUT2D eigenvalue weighted by Crippen LogP contribution is -2.30. The van der Waals surface area contributed by atoms with Gasteiger partial charge in [0.15, 0.2) is 12.2 Å². The van der Waals surface area contributed by atoms with Gasteiger partial charge in [-0.15, -0.1) is 0 Å². The van der Waals surface area contributed by atoms with Gasteiger partial charge in [-0.2, -0.15) is 0 Å². The molecule has 0 aromatic rings. The highest BCUT2D eigenvalue weighted by atomic mass is 31.2. The average molecular weight is 1540 g/mol. The van der Waals surface area contributed by atoms with E-state index in [9.17, 15) is 43.2 Å². The number of carbonyl (C=O) groups excluding carboxylic acids is 4. The first-order chi connectivity index (χ1) is 50.9. The van der Waals surface area contributed by atoms with Crippen LogP contribution in [0.2, 0.25) is 0 Å². The summed E-state index contributed by atoms with van der Waals surface area (Å²) in [4.78, 5) is 73.2. The molecular formula is C86H168O17P2. The second-order valence-corrected chi connectivity index (χ2v) is 34.8. The summed E-state index contributed by atoms with van der Waals surface area (Å²) in [5, 5.41) is 10.7. The predicted octanol–water partition coefficient (Wildman–Crippen LogP) is 26.2. The van der Waals surface area contributed by atoms with Gasteiger partial charge >= 0.3 is 39.5 Å². The Balaban J connectivity index is 5.20. The first-order valence-corrected chi connectivity index (χ1v) is 47.5. The maximum atomic E-state index is 13.1. The Bertz CT molecular complexity index is 2010. The molecule has 0 aromatic carbocycles. The lowest BCUT2D eigenvalue weighted by Gasteiger charge is -2.21. The van der Waals surface area contributed by atoms with Crippen molar-refractivity contribution in [2.45, 2.75) is 477 Å². The Morgan fingerprint density at radius 1 is 0.257 bits per heavy atom. The van der Waals surface area contributed by atoms with Crippen LogP contribution >= 0.6 is 15.6 Å². The number of ether oxygens (including phenoxy) is 4. The predicted molar refractivity (Wildman–Crippen MR) is 432 cm³/mol. The van der Waals surface area contributed by atoms with Gasteiger partial charge in [0.1, 0.15) is 19.3 Å². The van der Waals surface area contributed by atoms with Crippen LogP contribution in [0.15, 0.2) is 0 Å². The molecule has 0 aliphatic heterocycles. The molecule has 0 saturated carbocycles. The highest BCUT2D eigenvalue weighted by Crippen LogP contribution is 2.45. The van der Waals surface area contributed by atoms with Gasteiger partial charge in [-0.1, -0.05) is 408 Å². The van der Waals surface area contributed by atoms with Gasteiger partial charge in [-0.05, 0) is 37.5 Å². The Morgan fingerprint density at radius 2 is 0.438 bits per heavy atom. The molecule has 2 unspecified atom stereocenters. The third-order valence-corrected chi connectivity index (χ3v) is 22.1. The van der Waals surface area contributed by atoms with Crippen LogP contribution < -0.4 is 0 Å². The molecule has 0 aliphatic rings. The maximum absolute atomic E-state index is 13.1. The summed E-state index contributed by atoms with van der Waals surface area (Å²) < 4.78 is 68.8. The Kier molecular flexibility index (Phi) is 76.0. The van der Waals surface area contributed by atoms with E-state index in [0.29, 0.717) is 25.7 Å². The lowest BCUT2D eigenvalue weighted by molar-refractivity contribution is -0.161. The van der Waals surface area contributed by atoms with Crippen molar-refractivity contribution >= 4 is 39.5 Å². The normalized spacial score (nSPS) is 13.8. The van der Waals surface area contributed by atoms with E-state index in [4.69, 9.17) is 37.0 Å². The minimum Gasteiger partial charge on any atom is -0.462 e. The van der Waals surface area contributed by atoms with Gasteiger partial charge in [-0.25, -0.2) is 9.13 Å². The van der Waals surface area contributed by atoms with Gasteiger partial charge < -0.3 is 33.8 Å². The standard InChI is InChI=1S/C86H168O17P2/c1-7-9-11-13-15-17-19-20-21-22-23-24-25-29-32-35-39-45-51-57-63-69-84(89)97-74-81(102-85(90)70-64-58-52-46-40-36-33-30-27-26-28-31-34-38-42-48-54-60-66-78(3)4)76-100-104(92,93)98-72-80(87)73-99-105(94,95)101-77-82(75-96-83(88)68-62-56-50-44-37-18-16-14-12-10-8-2)103-86(91)71-65-59-53-47-41-43-49-55-61-67-79(5)6/h78-82,87H,7-77H2,1-6H3,(H,92,93)(H,94,95)/t80-,81-,82-/m1/s1. The largest absolute Gasteiger partial charge is 0.472 e. The van der Waals surface area contributed by atoms with E-state index in [0.717, 1.165) is 102 Å². The molecule has 105 heavy (non-hydrogen) atoms. The quantitative estimate of drug-likeness (QED) is 0.0222. The minimum absolute atomic E-state index is 0.106. The summed E-state index contributed by atoms with van der Waals surface area (Å²) in [7, 11) is -9.92. The molecule has 0 heterocycles. The molecule has 0 aromatic heterocycles. The zero-order chi connectivity index (χ0) is 77.1. The molecule has 19 heteroatoms. The third-order valence-electron chi connectivity index (χ3n) is 20.2. The molecule has 17 nitrogen and oxygen atoms in total. The maximum Gasteiger partial charge on any atom is 0.472 e.